The highest BCUT2D eigenvalue weighted by Crippen LogP contribution is 2.34. The Bertz CT molecular complexity index is 936. The highest BCUT2D eigenvalue weighted by atomic mass is 79.9. The average molecular weight is 434 g/mol. The minimum absolute atomic E-state index is 0.130. The summed E-state index contributed by atoms with van der Waals surface area (Å²) in [6.45, 7) is 1.13. The molecule has 26 heavy (non-hydrogen) atoms. The molecule has 6 nitrogen and oxygen atoms in total. The Morgan fingerprint density at radius 2 is 2.19 bits per heavy atom. The average Bonchev–Trinajstić information content (AvgIpc) is 3.24. The number of benzene rings is 1. The second-order valence-electron chi connectivity index (χ2n) is 6.03. The monoisotopic (exact) mass is 433 g/mol. The van der Waals surface area contributed by atoms with Crippen molar-refractivity contribution in [2.45, 2.75) is 13.0 Å². The van der Waals surface area contributed by atoms with Gasteiger partial charge in [0, 0.05) is 28.7 Å². The maximum atomic E-state index is 12.4. The highest BCUT2D eigenvalue weighted by molar-refractivity contribution is 9.10. The van der Waals surface area contributed by atoms with Gasteiger partial charge in [-0.15, -0.1) is 11.3 Å². The molecule has 0 saturated carbocycles. The van der Waals surface area contributed by atoms with Crippen molar-refractivity contribution in [3.8, 4) is 11.3 Å². The van der Waals surface area contributed by atoms with Crippen molar-refractivity contribution in [2.75, 3.05) is 24.0 Å². The summed E-state index contributed by atoms with van der Waals surface area (Å²) in [6.07, 6.45) is 0.281. The molecule has 0 bridgehead atoms. The number of nitrogens with zero attached hydrogens (tertiary/aromatic N) is 2. The number of nitrogens with one attached hydrogen (secondary N) is 1. The van der Waals surface area contributed by atoms with Crippen LogP contribution in [-0.2, 0) is 22.6 Å². The Hall–Kier alpha value is -2.16. The molecule has 0 atom stereocenters. The van der Waals surface area contributed by atoms with Crippen LogP contribution >= 0.6 is 27.3 Å². The molecule has 0 saturated heterocycles. The van der Waals surface area contributed by atoms with E-state index in [1.807, 2.05) is 41.6 Å². The van der Waals surface area contributed by atoms with Gasteiger partial charge in [0.2, 0.25) is 5.91 Å². The van der Waals surface area contributed by atoms with Gasteiger partial charge in [-0.1, -0.05) is 33.2 Å². The molecule has 2 aromatic heterocycles. The number of carbonyl (C=O) groups excluding carboxylic acids is 1. The summed E-state index contributed by atoms with van der Waals surface area (Å²) in [5, 5.41) is 9.92. The molecular formula is C18H16BrN3O3S. The van der Waals surface area contributed by atoms with Crippen molar-refractivity contribution in [1.82, 2.24) is 5.16 Å². The fourth-order valence-corrected chi connectivity index (χ4v) is 4.13. The summed E-state index contributed by atoms with van der Waals surface area (Å²) in [5.41, 5.74) is 2.98. The number of amides is 1. The second kappa shape index (κ2) is 7.22. The standard InChI is InChI=1S/C18H16BrN3O3S/c1-22-10-24-8-14-12(9-26-18(14)22)6-17(23)20-16-7-15(25-21-16)11-2-4-13(19)5-3-11/h2-5,7,9H,6,8,10H2,1H3,(H,20,21,23). The van der Waals surface area contributed by atoms with E-state index < -0.39 is 0 Å². The van der Waals surface area contributed by atoms with Crippen molar-refractivity contribution < 1.29 is 14.1 Å². The molecule has 1 aliphatic heterocycles. The van der Waals surface area contributed by atoms with Crippen LogP contribution in [0, 0.1) is 0 Å². The lowest BCUT2D eigenvalue weighted by molar-refractivity contribution is -0.115. The van der Waals surface area contributed by atoms with Crippen LogP contribution in [-0.4, -0.2) is 24.8 Å². The molecule has 1 aliphatic rings. The van der Waals surface area contributed by atoms with Gasteiger partial charge in [-0.2, -0.15) is 0 Å². The van der Waals surface area contributed by atoms with Gasteiger partial charge < -0.3 is 19.5 Å². The smallest absolute Gasteiger partial charge is 0.230 e. The first-order chi connectivity index (χ1) is 12.6. The third-order valence-corrected chi connectivity index (χ3v) is 5.81. The fraction of sp³-hybridized carbons (Fsp3) is 0.222. The van der Waals surface area contributed by atoms with Gasteiger partial charge in [0.1, 0.15) is 6.73 Å². The van der Waals surface area contributed by atoms with Crippen molar-refractivity contribution in [1.29, 1.82) is 0 Å². The molecule has 3 aromatic rings. The van der Waals surface area contributed by atoms with Crippen LogP contribution in [0.25, 0.3) is 11.3 Å². The normalized spacial score (nSPS) is 13.5. The lowest BCUT2D eigenvalue weighted by Gasteiger charge is -2.24. The zero-order valence-corrected chi connectivity index (χ0v) is 16.4. The van der Waals surface area contributed by atoms with E-state index in [1.54, 1.807) is 17.4 Å². The van der Waals surface area contributed by atoms with Gasteiger partial charge >= 0.3 is 0 Å². The first-order valence-corrected chi connectivity index (χ1v) is 9.68. The van der Waals surface area contributed by atoms with Crippen molar-refractivity contribution in [2.24, 2.45) is 0 Å². The van der Waals surface area contributed by atoms with Crippen LogP contribution in [0.3, 0.4) is 0 Å². The zero-order chi connectivity index (χ0) is 18.1. The van der Waals surface area contributed by atoms with Gasteiger partial charge in [0.05, 0.1) is 18.0 Å². The topological polar surface area (TPSA) is 67.6 Å². The molecule has 1 N–H and O–H groups in total. The third-order valence-electron chi connectivity index (χ3n) is 4.09. The Morgan fingerprint density at radius 3 is 3.00 bits per heavy atom. The van der Waals surface area contributed by atoms with E-state index in [-0.39, 0.29) is 12.3 Å². The van der Waals surface area contributed by atoms with Gasteiger partial charge in [0.15, 0.2) is 11.6 Å². The lowest BCUT2D eigenvalue weighted by atomic mass is 10.1. The van der Waals surface area contributed by atoms with E-state index in [1.165, 1.54) is 0 Å². The van der Waals surface area contributed by atoms with E-state index >= 15 is 0 Å². The second-order valence-corrected chi connectivity index (χ2v) is 7.80. The number of ether oxygens (including phenoxy) is 1. The molecule has 0 aliphatic carbocycles. The van der Waals surface area contributed by atoms with E-state index in [4.69, 9.17) is 9.26 Å². The Labute approximate surface area is 162 Å². The summed E-state index contributed by atoms with van der Waals surface area (Å²) in [6, 6.07) is 9.42. The summed E-state index contributed by atoms with van der Waals surface area (Å²) < 4.78 is 11.9. The zero-order valence-electron chi connectivity index (χ0n) is 14.0. The molecule has 0 spiro atoms. The van der Waals surface area contributed by atoms with Crippen LogP contribution in [0.15, 0.2) is 44.7 Å². The van der Waals surface area contributed by atoms with Gasteiger partial charge in [0.25, 0.3) is 0 Å². The first-order valence-electron chi connectivity index (χ1n) is 8.01. The minimum atomic E-state index is -0.130. The van der Waals surface area contributed by atoms with E-state index in [9.17, 15) is 4.79 Å². The molecule has 4 rings (SSSR count). The number of anilines is 2. The fourth-order valence-electron chi connectivity index (χ4n) is 2.82. The Kier molecular flexibility index (Phi) is 4.80. The van der Waals surface area contributed by atoms with Crippen LogP contribution in [0.1, 0.15) is 11.1 Å². The van der Waals surface area contributed by atoms with E-state index in [2.05, 4.69) is 26.4 Å². The molecule has 1 aromatic carbocycles. The van der Waals surface area contributed by atoms with Crippen LogP contribution in [0.5, 0.6) is 0 Å². The maximum Gasteiger partial charge on any atom is 0.230 e. The number of rotatable bonds is 4. The van der Waals surface area contributed by atoms with Gasteiger partial charge in [-0.25, -0.2) is 0 Å². The van der Waals surface area contributed by atoms with Crippen molar-refractivity contribution in [3.05, 3.63) is 51.3 Å². The Morgan fingerprint density at radius 1 is 1.38 bits per heavy atom. The number of hydrogen-bond donors (Lipinski definition) is 1. The minimum Gasteiger partial charge on any atom is -0.356 e. The summed E-state index contributed by atoms with van der Waals surface area (Å²) >= 11 is 5.04. The van der Waals surface area contributed by atoms with Crippen LogP contribution < -0.4 is 10.2 Å². The predicted octanol–water partition coefficient (Wildman–Crippen LogP) is 4.27. The molecule has 134 valence electrons. The highest BCUT2D eigenvalue weighted by Gasteiger charge is 2.21. The number of halogens is 1. The number of carbonyl (C=O) groups is 1. The summed E-state index contributed by atoms with van der Waals surface area (Å²) in [5.74, 6) is 0.885. The molecule has 1 amide bonds. The van der Waals surface area contributed by atoms with Gasteiger partial charge in [-0.05, 0) is 23.1 Å². The lowest BCUT2D eigenvalue weighted by Crippen LogP contribution is -2.26. The molecule has 8 heteroatoms. The predicted molar refractivity (Wildman–Crippen MR) is 104 cm³/mol. The molecule has 3 heterocycles. The largest absolute Gasteiger partial charge is 0.356 e. The van der Waals surface area contributed by atoms with E-state index in [0.29, 0.717) is 24.9 Å². The van der Waals surface area contributed by atoms with Crippen LogP contribution in [0.2, 0.25) is 0 Å². The number of hydrogen-bond acceptors (Lipinski definition) is 6. The molecular weight excluding hydrogens is 418 g/mol. The summed E-state index contributed by atoms with van der Waals surface area (Å²) in [4.78, 5) is 14.4. The first kappa shape index (κ1) is 17.3. The number of aromatic nitrogens is 1. The molecule has 0 unspecified atom stereocenters. The molecule has 0 radical (unpaired) electrons. The number of thiophene rings is 1. The van der Waals surface area contributed by atoms with Crippen molar-refractivity contribution in [3.63, 3.8) is 0 Å². The quantitative estimate of drug-likeness (QED) is 0.665. The maximum absolute atomic E-state index is 12.4. The molecule has 0 fully saturated rings. The summed E-state index contributed by atoms with van der Waals surface area (Å²) in [7, 11) is 1.98. The van der Waals surface area contributed by atoms with Gasteiger partial charge in [-0.3, -0.25) is 4.79 Å². The third kappa shape index (κ3) is 3.53. The van der Waals surface area contributed by atoms with Crippen molar-refractivity contribution >= 4 is 44.0 Å². The van der Waals surface area contributed by atoms with E-state index in [0.717, 1.165) is 26.2 Å². The Balaban J connectivity index is 1.44. The SMILES string of the molecule is CN1COCc2c(CC(=O)Nc3cc(-c4ccc(Br)cc4)on3)csc21. The number of fused-ring (bicyclic) bond motifs is 1. The van der Waals surface area contributed by atoms with Crippen LogP contribution in [0.4, 0.5) is 10.8 Å².